The molecule has 3 heterocycles. The van der Waals surface area contributed by atoms with Crippen molar-refractivity contribution in [2.24, 2.45) is 0 Å². The summed E-state index contributed by atoms with van der Waals surface area (Å²) in [6.07, 6.45) is -19.9. The zero-order chi connectivity index (χ0) is 29.2. The number of nitrogens with one attached hydrogen (secondary N) is 2. The van der Waals surface area contributed by atoms with Gasteiger partial charge in [-0.1, -0.05) is 0 Å². The molecule has 0 unspecified atom stereocenters. The number of amides is 2. The van der Waals surface area contributed by atoms with E-state index in [-0.39, 0.29) is 0 Å². The molecule has 0 aromatic heterocycles. The Labute approximate surface area is 223 Å². The molecule has 3 rings (SSSR count). The quantitative estimate of drug-likeness (QED) is 0.130. The minimum Gasteiger partial charge on any atom is -0.394 e. The van der Waals surface area contributed by atoms with Crippen LogP contribution in [0, 0.1) is 0 Å². The van der Waals surface area contributed by atoms with E-state index in [1.165, 1.54) is 6.92 Å². The van der Waals surface area contributed by atoms with E-state index in [9.17, 15) is 50.4 Å². The maximum Gasteiger partial charge on any atom is 0.217 e. The standard InChI is InChI=1S/C22H38N2O15/c1-6-13(29)19(39-22-17(33)16(32)14(30)9(4-25)37-22)12(24-8(3)28)21(35-6)38-18-11(23-7(2)27)20(34)36-10(5-26)15(18)31/h6,9-22,25-26,29-34H,4-5H2,1-3H3,(H,23,27)(H,24,28)/t6-,9+,10+,11+,12-,13+,14+,15+,16-,17+,18+,19-,20-,21-,22+/m0/s1. The molecule has 0 bridgehead atoms. The minimum absolute atomic E-state index is 0.610. The highest BCUT2D eigenvalue weighted by molar-refractivity contribution is 5.73. The lowest BCUT2D eigenvalue weighted by atomic mass is 9.94. The maximum absolute atomic E-state index is 12.1. The molecule has 17 heteroatoms. The van der Waals surface area contributed by atoms with Crippen LogP contribution in [-0.4, -0.2) is 158 Å². The summed E-state index contributed by atoms with van der Waals surface area (Å²) < 4.78 is 28.0. The van der Waals surface area contributed by atoms with Crippen LogP contribution in [-0.2, 0) is 33.3 Å². The Bertz CT molecular complexity index is 835. The van der Waals surface area contributed by atoms with E-state index in [1.54, 1.807) is 0 Å². The molecule has 0 radical (unpaired) electrons. The van der Waals surface area contributed by atoms with Gasteiger partial charge in [-0.2, -0.15) is 0 Å². The van der Waals surface area contributed by atoms with Gasteiger partial charge in [-0.15, -0.1) is 0 Å². The Hall–Kier alpha value is -1.58. The first-order valence-corrected chi connectivity index (χ1v) is 12.4. The number of hydrogen-bond donors (Lipinski definition) is 10. The molecule has 3 saturated heterocycles. The molecule has 0 spiro atoms. The summed E-state index contributed by atoms with van der Waals surface area (Å²) in [7, 11) is 0. The van der Waals surface area contributed by atoms with Crippen molar-refractivity contribution in [3.63, 3.8) is 0 Å². The molecule has 3 aliphatic rings. The van der Waals surface area contributed by atoms with Crippen molar-refractivity contribution < 1.29 is 74.1 Å². The number of carbonyl (C=O) groups is 2. The van der Waals surface area contributed by atoms with Gasteiger partial charge < -0.3 is 75.2 Å². The molecule has 0 aliphatic carbocycles. The molecule has 2 amide bonds. The van der Waals surface area contributed by atoms with Gasteiger partial charge in [0, 0.05) is 13.8 Å². The van der Waals surface area contributed by atoms with Crippen molar-refractivity contribution in [3.8, 4) is 0 Å². The van der Waals surface area contributed by atoms with Crippen LogP contribution in [0.25, 0.3) is 0 Å². The van der Waals surface area contributed by atoms with Gasteiger partial charge in [0.15, 0.2) is 18.9 Å². The molecule has 226 valence electrons. The highest BCUT2D eigenvalue weighted by Gasteiger charge is 2.53. The number of ether oxygens (including phenoxy) is 5. The fourth-order valence-electron chi connectivity index (χ4n) is 4.80. The Morgan fingerprint density at radius 3 is 1.74 bits per heavy atom. The van der Waals surface area contributed by atoms with Crippen LogP contribution in [0.1, 0.15) is 20.8 Å². The van der Waals surface area contributed by atoms with Crippen LogP contribution in [0.5, 0.6) is 0 Å². The van der Waals surface area contributed by atoms with Gasteiger partial charge in [-0.25, -0.2) is 0 Å². The normalized spacial score (nSPS) is 46.9. The summed E-state index contributed by atoms with van der Waals surface area (Å²) in [5, 5.41) is 86.6. The number of aliphatic hydroxyl groups excluding tert-OH is 8. The number of carbonyl (C=O) groups excluding carboxylic acids is 2. The van der Waals surface area contributed by atoms with Gasteiger partial charge in [0.1, 0.15) is 67.0 Å². The van der Waals surface area contributed by atoms with E-state index in [4.69, 9.17) is 23.7 Å². The van der Waals surface area contributed by atoms with Crippen molar-refractivity contribution in [2.45, 2.75) is 113 Å². The molecule has 0 aromatic carbocycles. The van der Waals surface area contributed by atoms with E-state index in [1.807, 2.05) is 0 Å². The lowest BCUT2D eigenvalue weighted by Crippen LogP contribution is -2.70. The summed E-state index contributed by atoms with van der Waals surface area (Å²) in [6, 6.07) is -2.73. The smallest absolute Gasteiger partial charge is 0.217 e. The molecule has 3 fully saturated rings. The third-order valence-corrected chi connectivity index (χ3v) is 6.86. The van der Waals surface area contributed by atoms with E-state index < -0.39 is 117 Å². The first-order valence-electron chi connectivity index (χ1n) is 12.4. The maximum atomic E-state index is 12.1. The van der Waals surface area contributed by atoms with Crippen LogP contribution in [0.15, 0.2) is 0 Å². The Morgan fingerprint density at radius 1 is 0.667 bits per heavy atom. The van der Waals surface area contributed by atoms with Gasteiger partial charge >= 0.3 is 0 Å². The van der Waals surface area contributed by atoms with Crippen LogP contribution in [0.2, 0.25) is 0 Å². The van der Waals surface area contributed by atoms with Crippen LogP contribution in [0.3, 0.4) is 0 Å². The third-order valence-electron chi connectivity index (χ3n) is 6.86. The molecule has 0 aromatic rings. The zero-order valence-electron chi connectivity index (χ0n) is 21.5. The number of hydrogen-bond acceptors (Lipinski definition) is 15. The summed E-state index contributed by atoms with van der Waals surface area (Å²) in [5.41, 5.74) is 0. The molecular formula is C22H38N2O15. The van der Waals surface area contributed by atoms with Crippen LogP contribution in [0.4, 0.5) is 0 Å². The highest BCUT2D eigenvalue weighted by atomic mass is 16.7. The van der Waals surface area contributed by atoms with Crippen molar-refractivity contribution in [1.29, 1.82) is 0 Å². The Balaban J connectivity index is 1.91. The van der Waals surface area contributed by atoms with Gasteiger partial charge in [-0.3, -0.25) is 9.59 Å². The average molecular weight is 571 g/mol. The lowest BCUT2D eigenvalue weighted by Gasteiger charge is -2.49. The van der Waals surface area contributed by atoms with Crippen molar-refractivity contribution in [3.05, 3.63) is 0 Å². The van der Waals surface area contributed by atoms with E-state index in [0.717, 1.165) is 13.8 Å². The molecule has 15 atom stereocenters. The minimum atomic E-state index is -1.83. The van der Waals surface area contributed by atoms with Gasteiger partial charge in [-0.05, 0) is 6.92 Å². The van der Waals surface area contributed by atoms with Crippen molar-refractivity contribution in [2.75, 3.05) is 13.2 Å². The largest absolute Gasteiger partial charge is 0.394 e. The monoisotopic (exact) mass is 570 g/mol. The Morgan fingerprint density at radius 2 is 1.18 bits per heavy atom. The lowest BCUT2D eigenvalue weighted by molar-refractivity contribution is -0.354. The second-order valence-electron chi connectivity index (χ2n) is 9.79. The first kappa shape index (κ1) is 31.9. The summed E-state index contributed by atoms with van der Waals surface area (Å²) in [4.78, 5) is 23.9. The first-order chi connectivity index (χ1) is 18.3. The molecular weight excluding hydrogens is 532 g/mol. The van der Waals surface area contributed by atoms with Crippen LogP contribution < -0.4 is 10.6 Å². The second-order valence-corrected chi connectivity index (χ2v) is 9.79. The molecule has 3 aliphatic heterocycles. The second kappa shape index (κ2) is 13.4. The van der Waals surface area contributed by atoms with Gasteiger partial charge in [0.25, 0.3) is 0 Å². The predicted octanol–water partition coefficient (Wildman–Crippen LogP) is -6.26. The fraction of sp³-hybridized carbons (Fsp3) is 0.909. The zero-order valence-corrected chi connectivity index (χ0v) is 21.5. The summed E-state index contributed by atoms with van der Waals surface area (Å²) >= 11 is 0. The van der Waals surface area contributed by atoms with E-state index >= 15 is 0 Å². The third kappa shape index (κ3) is 7.02. The predicted molar refractivity (Wildman–Crippen MR) is 123 cm³/mol. The summed E-state index contributed by atoms with van der Waals surface area (Å²) in [5.74, 6) is -1.25. The van der Waals surface area contributed by atoms with Gasteiger partial charge in [0.2, 0.25) is 11.8 Å². The van der Waals surface area contributed by atoms with E-state index in [2.05, 4.69) is 10.6 Å². The molecule has 39 heavy (non-hydrogen) atoms. The number of aliphatic hydroxyl groups is 8. The Kier molecular flexibility index (Phi) is 11.0. The molecule has 0 saturated carbocycles. The van der Waals surface area contributed by atoms with Gasteiger partial charge in [0.05, 0.1) is 19.3 Å². The molecule has 17 nitrogen and oxygen atoms in total. The topological polar surface area (TPSA) is 266 Å². The number of rotatable bonds is 8. The van der Waals surface area contributed by atoms with E-state index in [0.29, 0.717) is 0 Å². The SMILES string of the molecule is CC(=O)N[C@@H]1[C@H](O[C@H]2[C@H](O)[C@@H](CO)O[C@H](O)[C@@H]2NC(C)=O)O[C@@H](C)[C@@H](O)[C@H]1O[C@H]1O[C@H](CO)[C@@H](O)[C@H](O)[C@H]1O. The van der Waals surface area contributed by atoms with Crippen molar-refractivity contribution in [1.82, 2.24) is 10.6 Å². The highest BCUT2D eigenvalue weighted by Crippen LogP contribution is 2.32. The fourth-order valence-corrected chi connectivity index (χ4v) is 4.80. The van der Waals surface area contributed by atoms with Crippen LogP contribution >= 0.6 is 0 Å². The average Bonchev–Trinajstić information content (AvgIpc) is 2.87. The summed E-state index contributed by atoms with van der Waals surface area (Å²) in [6.45, 7) is 2.25. The molecule has 10 N–H and O–H groups in total. The van der Waals surface area contributed by atoms with Crippen molar-refractivity contribution >= 4 is 11.8 Å².